The maximum absolute atomic E-state index is 12.5. The van der Waals surface area contributed by atoms with E-state index in [0.717, 1.165) is 11.1 Å². The first-order chi connectivity index (χ1) is 13.6. The van der Waals surface area contributed by atoms with Gasteiger partial charge in [-0.1, -0.05) is 72.7 Å². The zero-order valence-electron chi connectivity index (χ0n) is 15.8. The van der Waals surface area contributed by atoms with Crippen molar-refractivity contribution < 1.29 is 18.8 Å². The summed E-state index contributed by atoms with van der Waals surface area (Å²) in [6.45, 7) is 3.76. The number of aryl methyl sites for hydroxylation is 1. The van der Waals surface area contributed by atoms with Crippen molar-refractivity contribution in [3.63, 3.8) is 0 Å². The lowest BCUT2D eigenvalue weighted by Gasteiger charge is -2.13. The Morgan fingerprint density at radius 3 is 2.39 bits per heavy atom. The number of carbonyl (C=O) groups excluding carboxylic acids is 2. The fourth-order valence-corrected chi connectivity index (χ4v) is 2.83. The number of amides is 1. The molecule has 1 atom stereocenters. The van der Waals surface area contributed by atoms with Gasteiger partial charge in [-0.3, -0.25) is 4.79 Å². The molecule has 0 saturated heterocycles. The van der Waals surface area contributed by atoms with Crippen molar-refractivity contribution in [1.29, 1.82) is 0 Å². The topological polar surface area (TPSA) is 81.4 Å². The van der Waals surface area contributed by atoms with E-state index in [4.69, 9.17) is 9.26 Å². The molecule has 0 aliphatic rings. The fraction of sp³-hybridized carbons (Fsp3) is 0.227. The molecule has 0 aliphatic carbocycles. The van der Waals surface area contributed by atoms with Crippen LogP contribution >= 0.6 is 0 Å². The van der Waals surface area contributed by atoms with Crippen LogP contribution < -0.4 is 5.32 Å². The van der Waals surface area contributed by atoms with E-state index in [1.165, 1.54) is 0 Å². The van der Waals surface area contributed by atoms with Gasteiger partial charge in [0.15, 0.2) is 6.61 Å². The van der Waals surface area contributed by atoms with Gasteiger partial charge in [0.25, 0.3) is 5.91 Å². The van der Waals surface area contributed by atoms with Gasteiger partial charge in [-0.25, -0.2) is 4.79 Å². The monoisotopic (exact) mass is 378 g/mol. The Morgan fingerprint density at radius 2 is 1.71 bits per heavy atom. The van der Waals surface area contributed by atoms with Crippen LogP contribution in [0.5, 0.6) is 0 Å². The predicted molar refractivity (Wildman–Crippen MR) is 105 cm³/mol. The SMILES string of the molecule is Cc1onc(-c2ccccc2)c1C(=O)OCC(=O)NC[C@H](C)c1ccccc1. The van der Waals surface area contributed by atoms with Crippen LogP contribution in [0.4, 0.5) is 0 Å². The minimum Gasteiger partial charge on any atom is -0.452 e. The maximum atomic E-state index is 12.5. The first-order valence-electron chi connectivity index (χ1n) is 9.06. The number of nitrogens with zero attached hydrogens (tertiary/aromatic N) is 1. The van der Waals surface area contributed by atoms with Gasteiger partial charge in [0.1, 0.15) is 17.0 Å². The number of nitrogens with one attached hydrogen (secondary N) is 1. The van der Waals surface area contributed by atoms with E-state index in [0.29, 0.717) is 18.0 Å². The smallest absolute Gasteiger partial charge is 0.344 e. The third-order valence-corrected chi connectivity index (χ3v) is 4.42. The Morgan fingerprint density at radius 1 is 1.07 bits per heavy atom. The number of ether oxygens (including phenoxy) is 1. The Hall–Kier alpha value is -3.41. The molecule has 0 fully saturated rings. The van der Waals surface area contributed by atoms with Gasteiger partial charge in [-0.05, 0) is 18.4 Å². The minimum atomic E-state index is -0.635. The van der Waals surface area contributed by atoms with Crippen molar-refractivity contribution in [2.24, 2.45) is 0 Å². The van der Waals surface area contributed by atoms with Crippen LogP contribution in [0.1, 0.15) is 34.5 Å². The largest absolute Gasteiger partial charge is 0.452 e. The van der Waals surface area contributed by atoms with Crippen LogP contribution in [-0.2, 0) is 9.53 Å². The Balaban J connectivity index is 1.56. The highest BCUT2D eigenvalue weighted by Gasteiger charge is 2.23. The molecule has 1 N–H and O–H groups in total. The molecule has 0 spiro atoms. The van der Waals surface area contributed by atoms with Crippen LogP contribution in [-0.4, -0.2) is 30.2 Å². The van der Waals surface area contributed by atoms with Crippen molar-refractivity contribution in [2.75, 3.05) is 13.2 Å². The van der Waals surface area contributed by atoms with Gasteiger partial charge in [-0.2, -0.15) is 0 Å². The average molecular weight is 378 g/mol. The Kier molecular flexibility index (Phi) is 6.22. The van der Waals surface area contributed by atoms with Crippen LogP contribution in [0.2, 0.25) is 0 Å². The summed E-state index contributed by atoms with van der Waals surface area (Å²) in [5, 5.41) is 6.74. The molecule has 3 rings (SSSR count). The summed E-state index contributed by atoms with van der Waals surface area (Å²) in [6, 6.07) is 19.1. The van der Waals surface area contributed by atoms with Crippen molar-refractivity contribution in [3.05, 3.63) is 77.6 Å². The first kappa shape index (κ1) is 19.4. The number of aromatic nitrogens is 1. The summed E-state index contributed by atoms with van der Waals surface area (Å²) in [7, 11) is 0. The molecule has 2 aromatic carbocycles. The summed E-state index contributed by atoms with van der Waals surface area (Å²) < 4.78 is 10.3. The number of hydrogen-bond donors (Lipinski definition) is 1. The van der Waals surface area contributed by atoms with E-state index >= 15 is 0 Å². The maximum Gasteiger partial charge on any atom is 0.344 e. The van der Waals surface area contributed by atoms with Crippen molar-refractivity contribution in [1.82, 2.24) is 10.5 Å². The molecule has 1 amide bonds. The highest BCUT2D eigenvalue weighted by molar-refractivity contribution is 5.98. The second-order valence-electron chi connectivity index (χ2n) is 6.52. The second-order valence-corrected chi connectivity index (χ2v) is 6.52. The van der Waals surface area contributed by atoms with Gasteiger partial charge in [-0.15, -0.1) is 0 Å². The van der Waals surface area contributed by atoms with E-state index < -0.39 is 5.97 Å². The molecule has 0 radical (unpaired) electrons. The molecule has 28 heavy (non-hydrogen) atoms. The molecule has 0 unspecified atom stereocenters. The molecule has 6 heteroatoms. The van der Waals surface area contributed by atoms with Crippen molar-refractivity contribution >= 4 is 11.9 Å². The van der Waals surface area contributed by atoms with E-state index in [1.54, 1.807) is 6.92 Å². The zero-order valence-corrected chi connectivity index (χ0v) is 15.8. The predicted octanol–water partition coefficient (Wildman–Crippen LogP) is 3.73. The lowest BCUT2D eigenvalue weighted by molar-refractivity contribution is -0.124. The standard InChI is InChI=1S/C22H22N2O4/c1-15(17-9-5-3-6-10-17)13-23-19(25)14-27-22(26)20-16(2)28-24-21(20)18-11-7-4-8-12-18/h3-12,15H,13-14H2,1-2H3,(H,23,25)/t15-/m0/s1. The van der Waals surface area contributed by atoms with Gasteiger partial charge in [0.05, 0.1) is 0 Å². The fourth-order valence-electron chi connectivity index (χ4n) is 2.83. The van der Waals surface area contributed by atoms with Crippen LogP contribution in [0.15, 0.2) is 65.2 Å². The highest BCUT2D eigenvalue weighted by atomic mass is 16.5. The third kappa shape index (κ3) is 4.65. The molecule has 3 aromatic rings. The van der Waals surface area contributed by atoms with E-state index in [1.807, 2.05) is 67.6 Å². The molecule has 144 valence electrons. The van der Waals surface area contributed by atoms with Crippen molar-refractivity contribution in [3.8, 4) is 11.3 Å². The number of rotatable bonds is 7. The number of benzene rings is 2. The van der Waals surface area contributed by atoms with Crippen LogP contribution in [0.25, 0.3) is 11.3 Å². The molecular formula is C22H22N2O4. The third-order valence-electron chi connectivity index (χ3n) is 4.42. The summed E-state index contributed by atoms with van der Waals surface area (Å²) in [5.41, 5.74) is 2.51. The summed E-state index contributed by atoms with van der Waals surface area (Å²) >= 11 is 0. The zero-order chi connectivity index (χ0) is 19.9. The van der Waals surface area contributed by atoms with Gasteiger partial charge >= 0.3 is 5.97 Å². The molecule has 0 bridgehead atoms. The molecule has 0 saturated carbocycles. The van der Waals surface area contributed by atoms with E-state index in [9.17, 15) is 9.59 Å². The minimum absolute atomic E-state index is 0.158. The molecule has 1 aromatic heterocycles. The van der Waals surface area contributed by atoms with Gasteiger partial charge < -0.3 is 14.6 Å². The summed E-state index contributed by atoms with van der Waals surface area (Å²) in [6.07, 6.45) is 0. The quantitative estimate of drug-likeness (QED) is 0.634. The summed E-state index contributed by atoms with van der Waals surface area (Å²) in [4.78, 5) is 24.5. The summed E-state index contributed by atoms with van der Waals surface area (Å²) in [5.74, 6) is -0.483. The van der Waals surface area contributed by atoms with Crippen molar-refractivity contribution in [2.45, 2.75) is 19.8 Å². The molecule has 6 nitrogen and oxygen atoms in total. The van der Waals surface area contributed by atoms with Gasteiger partial charge in [0.2, 0.25) is 0 Å². The van der Waals surface area contributed by atoms with E-state index in [2.05, 4.69) is 10.5 Å². The molecular weight excluding hydrogens is 356 g/mol. The Bertz CT molecular complexity index is 936. The second kappa shape index (κ2) is 8.99. The number of esters is 1. The molecule has 0 aliphatic heterocycles. The van der Waals surface area contributed by atoms with Gasteiger partial charge in [0, 0.05) is 12.1 Å². The Labute approximate surface area is 163 Å². The van der Waals surface area contributed by atoms with E-state index in [-0.39, 0.29) is 24.0 Å². The normalized spacial score (nSPS) is 11.6. The number of carbonyl (C=O) groups is 2. The lowest BCUT2D eigenvalue weighted by Crippen LogP contribution is -2.31. The number of hydrogen-bond acceptors (Lipinski definition) is 5. The average Bonchev–Trinajstić information content (AvgIpc) is 3.13. The molecule has 1 heterocycles. The lowest BCUT2D eigenvalue weighted by atomic mass is 10.0. The highest BCUT2D eigenvalue weighted by Crippen LogP contribution is 2.25. The first-order valence-corrected chi connectivity index (χ1v) is 9.06. The van der Waals surface area contributed by atoms with Crippen LogP contribution in [0.3, 0.4) is 0 Å². The van der Waals surface area contributed by atoms with Crippen LogP contribution in [0, 0.1) is 6.92 Å².